The van der Waals surface area contributed by atoms with E-state index >= 15 is 0 Å². The maximum atomic E-state index is 12.7. The molecule has 4 atom stereocenters. The quantitative estimate of drug-likeness (QED) is 0.755. The molecule has 27 heavy (non-hydrogen) atoms. The summed E-state index contributed by atoms with van der Waals surface area (Å²) in [6, 6.07) is 11.3. The van der Waals surface area contributed by atoms with Crippen LogP contribution in [0.3, 0.4) is 0 Å². The topological polar surface area (TPSA) is 72.5 Å². The molecule has 0 radical (unpaired) electrons. The first-order valence-electron chi connectivity index (χ1n) is 8.89. The van der Waals surface area contributed by atoms with E-state index < -0.39 is 0 Å². The summed E-state index contributed by atoms with van der Waals surface area (Å²) in [4.78, 5) is 12.7. The van der Waals surface area contributed by atoms with Gasteiger partial charge in [0.05, 0.1) is 18.6 Å². The van der Waals surface area contributed by atoms with Crippen molar-refractivity contribution in [3.63, 3.8) is 0 Å². The summed E-state index contributed by atoms with van der Waals surface area (Å²) in [7, 11) is 0. The zero-order valence-corrected chi connectivity index (χ0v) is 14.3. The fourth-order valence-electron chi connectivity index (χ4n) is 4.31. The number of benzene rings is 2. The Labute approximate surface area is 154 Å². The Hall–Kier alpha value is -2.93. The molecule has 2 aromatic rings. The van der Waals surface area contributed by atoms with Crippen molar-refractivity contribution in [3.8, 4) is 23.0 Å². The molecule has 2 fully saturated rings. The molecule has 6 rings (SSSR count). The van der Waals surface area contributed by atoms with Crippen LogP contribution in [0.1, 0.15) is 23.3 Å². The van der Waals surface area contributed by atoms with Crippen molar-refractivity contribution in [2.24, 2.45) is 11.8 Å². The van der Waals surface area contributed by atoms with Gasteiger partial charge < -0.3 is 28.4 Å². The minimum Gasteiger partial charge on any atom is -0.457 e. The fourth-order valence-corrected chi connectivity index (χ4v) is 4.31. The largest absolute Gasteiger partial charge is 0.457 e. The lowest BCUT2D eigenvalue weighted by Crippen LogP contribution is -2.17. The average molecular weight is 368 g/mol. The number of esters is 1. The molecule has 0 N–H and O–H groups in total. The Morgan fingerprint density at radius 1 is 0.741 bits per heavy atom. The third kappa shape index (κ3) is 2.21. The van der Waals surface area contributed by atoms with Gasteiger partial charge in [-0.05, 0) is 35.4 Å². The summed E-state index contributed by atoms with van der Waals surface area (Å²) >= 11 is 0. The van der Waals surface area contributed by atoms with Crippen LogP contribution < -0.4 is 18.9 Å². The van der Waals surface area contributed by atoms with E-state index in [9.17, 15) is 4.79 Å². The number of hydrogen-bond donors (Lipinski definition) is 0. The number of fused-ring (bicyclic) bond motifs is 3. The number of cyclic esters (lactones) is 1. The van der Waals surface area contributed by atoms with Gasteiger partial charge >= 0.3 is 5.97 Å². The summed E-state index contributed by atoms with van der Waals surface area (Å²) in [6.07, 6.45) is -0.702. The number of carbonyl (C=O) groups is 1. The second kappa shape index (κ2) is 5.53. The van der Waals surface area contributed by atoms with Gasteiger partial charge in [-0.2, -0.15) is 0 Å². The molecule has 4 aliphatic rings. The minimum absolute atomic E-state index is 0.0479. The van der Waals surface area contributed by atoms with Gasteiger partial charge in [0.25, 0.3) is 0 Å². The molecule has 7 heteroatoms. The highest BCUT2D eigenvalue weighted by atomic mass is 16.7. The highest BCUT2D eigenvalue weighted by Crippen LogP contribution is 2.52. The first-order chi connectivity index (χ1) is 13.3. The summed E-state index contributed by atoms with van der Waals surface area (Å²) in [6.45, 7) is 0.879. The van der Waals surface area contributed by atoms with Crippen LogP contribution >= 0.6 is 0 Å². The molecule has 7 nitrogen and oxygen atoms in total. The SMILES string of the molecule is O=C1O[C@@H](c2ccc3c(c2)OCO3)[C@H]2CO[C@@H](c3ccc4c(c3)OCO4)[C@@H]12. The highest BCUT2D eigenvalue weighted by molar-refractivity contribution is 5.77. The van der Waals surface area contributed by atoms with Crippen LogP contribution in [0.25, 0.3) is 0 Å². The summed E-state index contributed by atoms with van der Waals surface area (Å²) < 4.78 is 33.4. The average Bonchev–Trinajstić information content (AvgIpc) is 3.45. The van der Waals surface area contributed by atoms with Crippen LogP contribution in [0.2, 0.25) is 0 Å². The molecule has 0 aliphatic carbocycles. The van der Waals surface area contributed by atoms with Crippen LogP contribution in [0, 0.1) is 11.8 Å². The second-order valence-corrected chi connectivity index (χ2v) is 7.03. The van der Waals surface area contributed by atoms with Crippen LogP contribution in [0.4, 0.5) is 0 Å². The van der Waals surface area contributed by atoms with Crippen LogP contribution in [0.5, 0.6) is 23.0 Å². The third-order valence-corrected chi connectivity index (χ3v) is 5.61. The molecule has 0 amide bonds. The van der Waals surface area contributed by atoms with Crippen molar-refractivity contribution in [2.45, 2.75) is 12.2 Å². The monoisotopic (exact) mass is 368 g/mol. The molecule has 0 spiro atoms. The lowest BCUT2D eigenvalue weighted by molar-refractivity contribution is -0.148. The number of hydrogen-bond acceptors (Lipinski definition) is 7. The summed E-state index contributed by atoms with van der Waals surface area (Å²) in [5, 5.41) is 0. The molecule has 4 aliphatic heterocycles. The van der Waals surface area contributed by atoms with Gasteiger partial charge in [0.2, 0.25) is 13.6 Å². The maximum Gasteiger partial charge on any atom is 0.313 e. The first kappa shape index (κ1) is 15.2. The van der Waals surface area contributed by atoms with E-state index in [-0.39, 0.29) is 43.6 Å². The molecule has 2 saturated heterocycles. The van der Waals surface area contributed by atoms with E-state index in [1.165, 1.54) is 0 Å². The molecular formula is C20H16O7. The van der Waals surface area contributed by atoms with Crippen molar-refractivity contribution < 1.29 is 33.2 Å². The van der Waals surface area contributed by atoms with Crippen molar-refractivity contribution in [1.82, 2.24) is 0 Å². The van der Waals surface area contributed by atoms with Crippen LogP contribution in [-0.4, -0.2) is 26.2 Å². The molecule has 0 unspecified atom stereocenters. The van der Waals surface area contributed by atoms with Gasteiger partial charge in [-0.1, -0.05) is 12.1 Å². The third-order valence-electron chi connectivity index (χ3n) is 5.61. The van der Waals surface area contributed by atoms with Crippen molar-refractivity contribution in [3.05, 3.63) is 47.5 Å². The van der Waals surface area contributed by atoms with E-state index in [4.69, 9.17) is 28.4 Å². The van der Waals surface area contributed by atoms with E-state index in [1.54, 1.807) is 0 Å². The van der Waals surface area contributed by atoms with E-state index in [2.05, 4.69) is 0 Å². The molecule has 2 aromatic carbocycles. The molecule has 138 valence electrons. The molecular weight excluding hydrogens is 352 g/mol. The Bertz CT molecular complexity index is 884. The van der Waals surface area contributed by atoms with E-state index in [0.717, 1.165) is 11.1 Å². The van der Waals surface area contributed by atoms with Gasteiger partial charge in [0, 0.05) is 5.92 Å². The lowest BCUT2D eigenvalue weighted by atomic mass is 9.84. The summed E-state index contributed by atoms with van der Waals surface area (Å²) in [5.74, 6) is 2.15. The van der Waals surface area contributed by atoms with Crippen molar-refractivity contribution >= 4 is 5.97 Å². The normalized spacial score (nSPS) is 29.7. The van der Waals surface area contributed by atoms with Crippen LogP contribution in [0.15, 0.2) is 36.4 Å². The zero-order chi connectivity index (χ0) is 18.0. The van der Waals surface area contributed by atoms with Crippen molar-refractivity contribution in [2.75, 3.05) is 20.2 Å². The molecule has 4 heterocycles. The Balaban J connectivity index is 1.31. The number of carbonyl (C=O) groups excluding carboxylic acids is 1. The number of ether oxygens (including phenoxy) is 6. The zero-order valence-electron chi connectivity index (χ0n) is 14.3. The predicted molar refractivity (Wildman–Crippen MR) is 89.6 cm³/mol. The number of rotatable bonds is 2. The van der Waals surface area contributed by atoms with Gasteiger partial charge in [0.1, 0.15) is 6.10 Å². The van der Waals surface area contributed by atoms with Crippen molar-refractivity contribution in [1.29, 1.82) is 0 Å². The molecule has 0 aromatic heterocycles. The molecule has 0 bridgehead atoms. The predicted octanol–water partition coefficient (Wildman–Crippen LogP) is 2.75. The van der Waals surface area contributed by atoms with Gasteiger partial charge in [-0.15, -0.1) is 0 Å². The minimum atomic E-state index is -0.351. The summed E-state index contributed by atoms with van der Waals surface area (Å²) in [5.41, 5.74) is 1.80. The van der Waals surface area contributed by atoms with Gasteiger partial charge in [0.15, 0.2) is 23.0 Å². The first-order valence-corrected chi connectivity index (χ1v) is 8.89. The Morgan fingerprint density at radius 3 is 2.00 bits per heavy atom. The Kier molecular flexibility index (Phi) is 3.11. The smallest absolute Gasteiger partial charge is 0.313 e. The van der Waals surface area contributed by atoms with Crippen LogP contribution in [-0.2, 0) is 14.3 Å². The van der Waals surface area contributed by atoms with E-state index in [1.807, 2.05) is 36.4 Å². The van der Waals surface area contributed by atoms with Gasteiger partial charge in [-0.3, -0.25) is 4.79 Å². The standard InChI is InChI=1S/C20H16O7/c21-20-17-12(18(27-20)10-1-3-13-15(5-10)25-8-23-13)7-22-19(17)11-2-4-14-16(6-11)26-9-24-14/h1-6,12,17-19H,7-9H2/t12-,17-,18-,19-/m0/s1. The highest BCUT2D eigenvalue weighted by Gasteiger charge is 2.54. The van der Waals surface area contributed by atoms with Gasteiger partial charge in [-0.25, -0.2) is 0 Å². The Morgan fingerprint density at radius 2 is 1.33 bits per heavy atom. The molecule has 0 saturated carbocycles. The lowest BCUT2D eigenvalue weighted by Gasteiger charge is -2.15. The fraction of sp³-hybridized carbons (Fsp3) is 0.350. The van der Waals surface area contributed by atoms with E-state index in [0.29, 0.717) is 29.6 Å². The maximum absolute atomic E-state index is 12.7. The second-order valence-electron chi connectivity index (χ2n) is 7.03.